The van der Waals surface area contributed by atoms with E-state index in [4.69, 9.17) is 4.42 Å². The van der Waals surface area contributed by atoms with Crippen molar-refractivity contribution in [2.45, 2.75) is 44.1 Å². The molecule has 2 nitrogen and oxygen atoms in total. The maximum absolute atomic E-state index is 6.88. The van der Waals surface area contributed by atoms with Crippen LogP contribution in [0, 0.1) is 17.8 Å². The van der Waals surface area contributed by atoms with Crippen LogP contribution in [-0.2, 0) is 0 Å². The fourth-order valence-corrected chi connectivity index (χ4v) is 11.5. The molecular formula is C42H33NOS. The monoisotopic (exact) mass is 599 g/mol. The van der Waals surface area contributed by atoms with Crippen molar-refractivity contribution in [3.05, 3.63) is 109 Å². The lowest BCUT2D eigenvalue weighted by molar-refractivity contribution is 0.000666. The van der Waals surface area contributed by atoms with Crippen LogP contribution in [0.25, 0.3) is 63.7 Å². The summed E-state index contributed by atoms with van der Waals surface area (Å²) in [6, 6.07) is 40.8. The zero-order valence-electron chi connectivity index (χ0n) is 25.1. The van der Waals surface area contributed by atoms with E-state index >= 15 is 0 Å². The van der Waals surface area contributed by atoms with Gasteiger partial charge in [0.15, 0.2) is 0 Å². The van der Waals surface area contributed by atoms with Crippen LogP contribution in [0.4, 0.5) is 11.4 Å². The van der Waals surface area contributed by atoms with Gasteiger partial charge < -0.3 is 9.32 Å². The zero-order valence-corrected chi connectivity index (χ0v) is 25.9. The van der Waals surface area contributed by atoms with E-state index < -0.39 is 0 Å². The van der Waals surface area contributed by atoms with Crippen molar-refractivity contribution in [2.24, 2.45) is 17.8 Å². The van der Waals surface area contributed by atoms with E-state index in [9.17, 15) is 0 Å². The van der Waals surface area contributed by atoms with Gasteiger partial charge in [-0.25, -0.2) is 0 Å². The van der Waals surface area contributed by atoms with Gasteiger partial charge in [-0.05, 0) is 108 Å². The van der Waals surface area contributed by atoms with E-state index in [-0.39, 0.29) is 5.54 Å². The largest absolute Gasteiger partial charge is 0.455 e. The molecule has 0 amide bonds. The summed E-state index contributed by atoms with van der Waals surface area (Å²) in [5.41, 5.74) is 4.80. The van der Waals surface area contributed by atoms with Gasteiger partial charge in [-0.1, -0.05) is 78.9 Å². The minimum atomic E-state index is 0.120. The maximum atomic E-state index is 6.88. The van der Waals surface area contributed by atoms with Gasteiger partial charge in [0.1, 0.15) is 11.2 Å². The molecule has 3 heteroatoms. The van der Waals surface area contributed by atoms with E-state index in [0.717, 1.165) is 28.9 Å². The van der Waals surface area contributed by atoms with E-state index in [0.29, 0.717) is 0 Å². The Kier molecular flexibility index (Phi) is 4.92. The fourth-order valence-electron chi connectivity index (χ4n) is 10.4. The Hall–Kier alpha value is -4.34. The smallest absolute Gasteiger partial charge is 0.146 e. The second kappa shape index (κ2) is 8.89. The molecule has 4 fully saturated rings. The maximum Gasteiger partial charge on any atom is 0.146 e. The Bertz CT molecular complexity index is 2460. The van der Waals surface area contributed by atoms with Crippen LogP contribution in [0.3, 0.4) is 0 Å². The lowest BCUT2D eigenvalue weighted by Gasteiger charge is -2.61. The normalized spacial score (nSPS) is 24.2. The van der Waals surface area contributed by atoms with Gasteiger partial charge in [0.25, 0.3) is 0 Å². The van der Waals surface area contributed by atoms with Crippen LogP contribution in [0.15, 0.2) is 114 Å². The molecule has 4 aliphatic rings. The number of fused-ring (bicyclic) bond motifs is 10. The molecule has 0 radical (unpaired) electrons. The number of rotatable bonds is 3. The lowest BCUT2D eigenvalue weighted by atomic mass is 9.52. The molecule has 45 heavy (non-hydrogen) atoms. The molecule has 12 rings (SSSR count). The summed E-state index contributed by atoms with van der Waals surface area (Å²) in [6.45, 7) is 0. The topological polar surface area (TPSA) is 16.4 Å². The third kappa shape index (κ3) is 3.45. The molecule has 0 saturated heterocycles. The third-order valence-corrected chi connectivity index (χ3v) is 12.8. The summed E-state index contributed by atoms with van der Waals surface area (Å²) in [6.07, 6.45) is 8.14. The van der Waals surface area contributed by atoms with Crippen LogP contribution in [-0.4, -0.2) is 5.54 Å². The first kappa shape index (κ1) is 24.9. The van der Waals surface area contributed by atoms with Crippen LogP contribution >= 0.6 is 11.3 Å². The predicted molar refractivity (Wildman–Crippen MR) is 191 cm³/mol. The number of hydrogen-bond donors (Lipinski definition) is 0. The van der Waals surface area contributed by atoms with Gasteiger partial charge in [-0.2, -0.15) is 0 Å². The second-order valence-electron chi connectivity index (χ2n) is 14.3. The van der Waals surface area contributed by atoms with Gasteiger partial charge >= 0.3 is 0 Å². The molecular weight excluding hydrogens is 567 g/mol. The Morgan fingerprint density at radius 2 is 1.24 bits per heavy atom. The van der Waals surface area contributed by atoms with Crippen molar-refractivity contribution < 1.29 is 4.42 Å². The van der Waals surface area contributed by atoms with Crippen molar-refractivity contribution >= 4 is 86.4 Å². The van der Waals surface area contributed by atoms with Crippen LogP contribution in [0.1, 0.15) is 38.5 Å². The Morgan fingerprint density at radius 1 is 0.578 bits per heavy atom. The van der Waals surface area contributed by atoms with Crippen molar-refractivity contribution in [3.63, 3.8) is 0 Å². The van der Waals surface area contributed by atoms with Gasteiger partial charge in [-0.15, -0.1) is 11.3 Å². The van der Waals surface area contributed by atoms with Crippen LogP contribution < -0.4 is 4.90 Å². The van der Waals surface area contributed by atoms with Crippen LogP contribution in [0.5, 0.6) is 0 Å². The molecule has 2 aromatic heterocycles. The number of nitrogens with zero attached hydrogens (tertiary/aromatic N) is 1. The summed E-state index contributed by atoms with van der Waals surface area (Å²) >= 11 is 1.91. The van der Waals surface area contributed by atoms with Gasteiger partial charge in [0.05, 0.1) is 11.1 Å². The average Bonchev–Trinajstić information content (AvgIpc) is 3.62. The second-order valence-corrected chi connectivity index (χ2v) is 15.4. The van der Waals surface area contributed by atoms with E-state index in [1.165, 1.54) is 102 Å². The van der Waals surface area contributed by atoms with Crippen LogP contribution in [0.2, 0.25) is 0 Å². The fraction of sp³-hybridized carbons (Fsp3) is 0.238. The molecule has 0 spiro atoms. The standard InChI is InChI=1S/C42H33NOS/c1-2-8-31-28(7-1)13-14-29-20-30(15-16-32(29)31)43(42-22-25-17-26(23-42)19-27(18-25)24-42)35-21-38-40(34-10-4-6-12-37(34)45-38)41-39(35)33-9-3-5-11-36(33)44-41/h1-16,20-21,25-27H,17-19,22-24H2. The molecule has 6 aromatic carbocycles. The Balaban J connectivity index is 1.25. The third-order valence-electron chi connectivity index (χ3n) is 11.7. The Morgan fingerprint density at radius 3 is 2.07 bits per heavy atom. The van der Waals surface area contributed by atoms with Gasteiger partial charge in [0.2, 0.25) is 0 Å². The Labute approximate surface area is 265 Å². The van der Waals surface area contributed by atoms with Crippen molar-refractivity contribution in [3.8, 4) is 0 Å². The quantitative estimate of drug-likeness (QED) is 0.188. The molecule has 8 aromatic rings. The summed E-state index contributed by atoms with van der Waals surface area (Å²) in [7, 11) is 0. The first-order valence-corrected chi connectivity index (χ1v) is 17.5. The number of hydrogen-bond acceptors (Lipinski definition) is 3. The minimum absolute atomic E-state index is 0.120. The number of furan rings is 1. The predicted octanol–water partition coefficient (Wildman–Crippen LogP) is 12.4. The van der Waals surface area contributed by atoms with Gasteiger partial charge in [0, 0.05) is 36.8 Å². The summed E-state index contributed by atoms with van der Waals surface area (Å²) < 4.78 is 9.52. The molecule has 4 aliphatic carbocycles. The van der Waals surface area contributed by atoms with Crippen molar-refractivity contribution in [1.29, 1.82) is 0 Å². The number of thiophene rings is 1. The lowest BCUT2D eigenvalue weighted by Crippen LogP contribution is -2.58. The average molecular weight is 600 g/mol. The highest BCUT2D eigenvalue weighted by Crippen LogP contribution is 2.61. The molecule has 0 atom stereocenters. The van der Waals surface area contributed by atoms with Gasteiger partial charge in [-0.3, -0.25) is 0 Å². The highest BCUT2D eigenvalue weighted by atomic mass is 32.1. The molecule has 0 N–H and O–H groups in total. The number of anilines is 2. The SMILES string of the molecule is c1ccc2c(c1)ccc1cc(N(c3cc4sc5ccccc5c4c4oc5ccccc5c34)C34CC5CC(CC(C5)C3)C4)ccc12. The first-order chi connectivity index (χ1) is 22.2. The minimum Gasteiger partial charge on any atom is -0.455 e. The first-order valence-electron chi connectivity index (χ1n) is 16.7. The molecule has 2 heterocycles. The van der Waals surface area contributed by atoms with Crippen molar-refractivity contribution in [1.82, 2.24) is 0 Å². The molecule has 0 aliphatic heterocycles. The molecule has 4 bridgehead atoms. The van der Waals surface area contributed by atoms with E-state index in [1.54, 1.807) is 0 Å². The summed E-state index contributed by atoms with van der Waals surface area (Å²) in [5, 5.41) is 10.3. The number of benzene rings is 6. The molecule has 4 saturated carbocycles. The van der Waals surface area contributed by atoms with E-state index in [1.807, 2.05) is 11.3 Å². The summed E-state index contributed by atoms with van der Waals surface area (Å²) in [5.74, 6) is 2.52. The molecule has 0 unspecified atom stereocenters. The molecule has 218 valence electrons. The van der Waals surface area contributed by atoms with E-state index in [2.05, 4.69) is 114 Å². The summed E-state index contributed by atoms with van der Waals surface area (Å²) in [4.78, 5) is 2.85. The highest BCUT2D eigenvalue weighted by Gasteiger charge is 2.54. The zero-order chi connectivity index (χ0) is 29.3. The number of para-hydroxylation sites is 1. The highest BCUT2D eigenvalue weighted by molar-refractivity contribution is 7.26. The van der Waals surface area contributed by atoms with Crippen molar-refractivity contribution in [2.75, 3.05) is 4.90 Å².